The lowest BCUT2D eigenvalue weighted by atomic mass is 9.94. The molecule has 0 saturated heterocycles. The number of fused-ring (bicyclic) bond motifs is 2. The minimum Gasteiger partial charge on any atom is -0.507 e. The summed E-state index contributed by atoms with van der Waals surface area (Å²) in [7, 11) is 0. The van der Waals surface area contributed by atoms with E-state index in [9.17, 15) is 15.0 Å². The molecule has 5 nitrogen and oxygen atoms in total. The predicted octanol–water partition coefficient (Wildman–Crippen LogP) is 4.57. The Morgan fingerprint density at radius 1 is 1.19 bits per heavy atom. The van der Waals surface area contributed by atoms with Gasteiger partial charge in [0.1, 0.15) is 22.8 Å². The van der Waals surface area contributed by atoms with Crippen LogP contribution in [0.1, 0.15) is 59.7 Å². The number of benzene rings is 2. The zero-order valence-electron chi connectivity index (χ0n) is 16.0. The van der Waals surface area contributed by atoms with Crippen LogP contribution in [0.4, 0.5) is 0 Å². The quantitative estimate of drug-likeness (QED) is 0.773. The van der Waals surface area contributed by atoms with Gasteiger partial charge in [-0.1, -0.05) is 17.7 Å². The van der Waals surface area contributed by atoms with Crippen molar-refractivity contribution in [3.05, 3.63) is 63.7 Å². The highest BCUT2D eigenvalue weighted by atomic mass is 16.7. The molecular weight excluding hydrogens is 344 g/mol. The summed E-state index contributed by atoms with van der Waals surface area (Å²) in [5, 5.41) is 20.9. The summed E-state index contributed by atoms with van der Waals surface area (Å²) in [6.07, 6.45) is 1.72. The molecule has 2 N–H and O–H groups in total. The van der Waals surface area contributed by atoms with Gasteiger partial charge in [-0.2, -0.15) is 0 Å². The number of phenolic OH excluding ortho intramolecular Hbond substituents is 2. The number of hydrogen-bond acceptors (Lipinski definition) is 5. The van der Waals surface area contributed by atoms with Crippen LogP contribution in [0.2, 0.25) is 0 Å². The minimum absolute atomic E-state index is 0.0530. The Labute approximate surface area is 158 Å². The highest BCUT2D eigenvalue weighted by molar-refractivity contribution is 6.15. The molecule has 1 aliphatic rings. The number of aromatic hydroxyl groups is 2. The average Bonchev–Trinajstić information content (AvgIpc) is 2.70. The van der Waals surface area contributed by atoms with Crippen LogP contribution in [0, 0.1) is 6.92 Å². The van der Waals surface area contributed by atoms with Gasteiger partial charge in [0.05, 0.1) is 5.56 Å². The molecule has 1 atom stereocenters. The van der Waals surface area contributed by atoms with Gasteiger partial charge >= 0.3 is 0 Å². The molecule has 2 aromatic carbocycles. The molecule has 0 radical (unpaired) electrons. The largest absolute Gasteiger partial charge is 0.507 e. The number of allylic oxidation sites excluding steroid dienone is 2. The van der Waals surface area contributed by atoms with Gasteiger partial charge in [-0.25, -0.2) is 0 Å². The van der Waals surface area contributed by atoms with Crippen molar-refractivity contribution >= 4 is 5.78 Å². The maximum atomic E-state index is 13.3. The number of carbonyl (C=O) groups is 1. The number of carbonyl (C=O) groups excluding carboxylic acids is 1. The van der Waals surface area contributed by atoms with Gasteiger partial charge in [0.25, 0.3) is 0 Å². The first-order valence-corrected chi connectivity index (χ1v) is 8.98. The fourth-order valence-corrected chi connectivity index (χ4v) is 3.24. The third-order valence-electron chi connectivity index (χ3n) is 4.49. The van der Waals surface area contributed by atoms with Crippen molar-refractivity contribution in [1.82, 2.24) is 0 Å². The average molecular weight is 368 g/mol. The molecule has 1 aliphatic heterocycles. The van der Waals surface area contributed by atoms with Crippen molar-refractivity contribution in [3.8, 4) is 17.2 Å². The summed E-state index contributed by atoms with van der Waals surface area (Å²) in [5.41, 5.74) is 3.31. The Hall–Kier alpha value is -2.79. The van der Waals surface area contributed by atoms with E-state index < -0.39 is 12.1 Å². The molecule has 0 aromatic heterocycles. The van der Waals surface area contributed by atoms with E-state index in [0.717, 1.165) is 16.7 Å². The SMILES string of the molecule is CCO[C@@H]1Oc2c(CC=C(C)C)ccc(O)c2C(=O)c2c(O)cc(C)cc21. The molecule has 0 spiro atoms. The molecule has 1 heterocycles. The third kappa shape index (κ3) is 3.55. The van der Waals surface area contributed by atoms with Crippen LogP contribution in [-0.2, 0) is 11.2 Å². The molecule has 0 bridgehead atoms. The molecule has 0 fully saturated rings. The minimum atomic E-state index is -0.853. The normalized spacial score (nSPS) is 15.4. The van der Waals surface area contributed by atoms with E-state index in [4.69, 9.17) is 9.47 Å². The first-order valence-electron chi connectivity index (χ1n) is 8.98. The Morgan fingerprint density at radius 2 is 1.93 bits per heavy atom. The van der Waals surface area contributed by atoms with Crippen molar-refractivity contribution in [2.45, 2.75) is 40.4 Å². The lowest BCUT2D eigenvalue weighted by Crippen LogP contribution is -2.13. The molecule has 0 saturated carbocycles. The van der Waals surface area contributed by atoms with E-state index in [1.165, 1.54) is 12.1 Å². The van der Waals surface area contributed by atoms with Crippen LogP contribution >= 0.6 is 0 Å². The van der Waals surface area contributed by atoms with Gasteiger partial charge in [-0.15, -0.1) is 0 Å². The number of ether oxygens (including phenoxy) is 2. The van der Waals surface area contributed by atoms with Gasteiger partial charge < -0.3 is 19.7 Å². The number of rotatable bonds is 4. The van der Waals surface area contributed by atoms with E-state index >= 15 is 0 Å². The Balaban J connectivity index is 2.26. The Bertz CT molecular complexity index is 923. The molecule has 2 aromatic rings. The second-order valence-corrected chi connectivity index (χ2v) is 6.92. The number of ketones is 1. The standard InChI is InChI=1S/C22H24O5/c1-5-26-22-15-10-13(4)11-17(24)18(15)20(25)19-16(23)9-8-14(21(19)27-22)7-6-12(2)3/h6,8-11,22-24H,5,7H2,1-4H3/t22-/m1/s1. The van der Waals surface area contributed by atoms with Crippen molar-refractivity contribution in [1.29, 1.82) is 0 Å². The van der Waals surface area contributed by atoms with Crippen LogP contribution in [0.15, 0.2) is 35.9 Å². The Morgan fingerprint density at radius 3 is 2.59 bits per heavy atom. The van der Waals surface area contributed by atoms with E-state index in [1.54, 1.807) is 12.1 Å². The van der Waals surface area contributed by atoms with E-state index in [-0.39, 0.29) is 22.6 Å². The Kier molecular flexibility index (Phi) is 5.24. The van der Waals surface area contributed by atoms with Crippen LogP contribution in [0.5, 0.6) is 17.2 Å². The molecule has 27 heavy (non-hydrogen) atoms. The van der Waals surface area contributed by atoms with Gasteiger partial charge in [0.15, 0.2) is 0 Å². The van der Waals surface area contributed by atoms with E-state index in [1.807, 2.05) is 33.8 Å². The van der Waals surface area contributed by atoms with Gasteiger partial charge in [-0.05, 0) is 63.4 Å². The maximum Gasteiger partial charge on any atom is 0.227 e. The van der Waals surface area contributed by atoms with Crippen molar-refractivity contribution in [3.63, 3.8) is 0 Å². The van der Waals surface area contributed by atoms with E-state index in [2.05, 4.69) is 0 Å². The van der Waals surface area contributed by atoms with Crippen LogP contribution in [0.3, 0.4) is 0 Å². The molecule has 0 aliphatic carbocycles. The molecule has 142 valence electrons. The maximum absolute atomic E-state index is 13.3. The lowest BCUT2D eigenvalue weighted by Gasteiger charge is -2.21. The summed E-state index contributed by atoms with van der Waals surface area (Å²) < 4.78 is 11.8. The summed E-state index contributed by atoms with van der Waals surface area (Å²) in [4.78, 5) is 13.3. The highest BCUT2D eigenvalue weighted by Gasteiger charge is 2.34. The van der Waals surface area contributed by atoms with Crippen LogP contribution in [0.25, 0.3) is 0 Å². The molecule has 0 amide bonds. The number of hydrogen-bond donors (Lipinski definition) is 2. The van der Waals surface area contributed by atoms with Gasteiger partial charge in [0.2, 0.25) is 12.1 Å². The van der Waals surface area contributed by atoms with E-state index in [0.29, 0.717) is 24.3 Å². The topological polar surface area (TPSA) is 76.0 Å². The smallest absolute Gasteiger partial charge is 0.227 e. The fourth-order valence-electron chi connectivity index (χ4n) is 3.24. The summed E-state index contributed by atoms with van der Waals surface area (Å²) in [5.74, 6) is -0.510. The zero-order valence-corrected chi connectivity index (χ0v) is 16.0. The monoisotopic (exact) mass is 368 g/mol. The summed E-state index contributed by atoms with van der Waals surface area (Å²) in [6.45, 7) is 8.00. The second-order valence-electron chi connectivity index (χ2n) is 6.92. The molecule has 3 rings (SSSR count). The fraction of sp³-hybridized carbons (Fsp3) is 0.318. The summed E-state index contributed by atoms with van der Waals surface area (Å²) >= 11 is 0. The molecule has 5 heteroatoms. The van der Waals surface area contributed by atoms with Crippen molar-refractivity contribution < 1.29 is 24.5 Å². The van der Waals surface area contributed by atoms with Crippen LogP contribution < -0.4 is 4.74 Å². The number of phenols is 2. The first-order chi connectivity index (χ1) is 12.8. The van der Waals surface area contributed by atoms with Gasteiger partial charge in [0, 0.05) is 12.2 Å². The number of aryl methyl sites for hydroxylation is 1. The van der Waals surface area contributed by atoms with Crippen molar-refractivity contribution in [2.75, 3.05) is 6.61 Å². The molecular formula is C22H24O5. The lowest BCUT2D eigenvalue weighted by molar-refractivity contribution is -0.0787. The van der Waals surface area contributed by atoms with Gasteiger partial charge in [-0.3, -0.25) is 4.79 Å². The first kappa shape index (κ1) is 19.0. The predicted molar refractivity (Wildman–Crippen MR) is 103 cm³/mol. The van der Waals surface area contributed by atoms with Crippen molar-refractivity contribution in [2.24, 2.45) is 0 Å². The van der Waals surface area contributed by atoms with Crippen LogP contribution in [-0.4, -0.2) is 22.6 Å². The third-order valence-corrected chi connectivity index (χ3v) is 4.49. The molecule has 0 unspecified atom stereocenters. The summed E-state index contributed by atoms with van der Waals surface area (Å²) in [6, 6.07) is 6.52. The highest BCUT2D eigenvalue weighted by Crippen LogP contribution is 2.43. The second kappa shape index (κ2) is 7.45. The zero-order chi connectivity index (χ0) is 19.7.